The molecule has 0 aliphatic heterocycles. The number of hydrogen-bond acceptors (Lipinski definition) is 3. The normalized spacial score (nSPS) is 25.4. The maximum Gasteiger partial charge on any atom is 0.145 e. The highest BCUT2D eigenvalue weighted by Crippen LogP contribution is 2.28. The zero-order valence-corrected chi connectivity index (χ0v) is 9.03. The number of hydrogen-bond donors (Lipinski definition) is 2. The lowest BCUT2D eigenvalue weighted by atomic mass is 9.95. The third kappa shape index (κ3) is 2.64. The zero-order valence-electron chi connectivity index (χ0n) is 9.03. The van der Waals surface area contributed by atoms with E-state index in [-0.39, 0.29) is 18.0 Å². The summed E-state index contributed by atoms with van der Waals surface area (Å²) in [6.07, 6.45) is 2.85. The Kier molecular flexibility index (Phi) is 3.29. The Bertz CT molecular complexity index is 370. The first-order chi connectivity index (χ1) is 7.65. The molecule has 0 amide bonds. The number of ether oxygens (including phenoxy) is 1. The van der Waals surface area contributed by atoms with Crippen molar-refractivity contribution in [3.8, 4) is 5.75 Å². The molecule has 1 saturated carbocycles. The van der Waals surface area contributed by atoms with Crippen LogP contribution in [0, 0.1) is 5.82 Å². The minimum atomic E-state index is -0.361. The Balaban J connectivity index is 2.05. The molecule has 2 unspecified atom stereocenters. The van der Waals surface area contributed by atoms with E-state index in [1.165, 1.54) is 18.2 Å². The van der Waals surface area contributed by atoms with Gasteiger partial charge in [0.1, 0.15) is 17.7 Å². The van der Waals surface area contributed by atoms with E-state index in [1.807, 2.05) is 0 Å². The molecule has 88 valence electrons. The minimum absolute atomic E-state index is 0.0622. The van der Waals surface area contributed by atoms with Crippen molar-refractivity contribution >= 4 is 5.69 Å². The van der Waals surface area contributed by atoms with E-state index in [1.54, 1.807) is 0 Å². The predicted molar refractivity (Wildman–Crippen MR) is 59.7 cm³/mol. The lowest BCUT2D eigenvalue weighted by Crippen LogP contribution is -2.28. The lowest BCUT2D eigenvalue weighted by Gasteiger charge is -2.27. The molecule has 4 heteroatoms. The van der Waals surface area contributed by atoms with Crippen LogP contribution >= 0.6 is 0 Å². The molecule has 1 aromatic rings. The van der Waals surface area contributed by atoms with Gasteiger partial charge in [-0.3, -0.25) is 0 Å². The third-order valence-electron chi connectivity index (χ3n) is 2.87. The molecule has 1 fully saturated rings. The van der Waals surface area contributed by atoms with Crippen molar-refractivity contribution in [2.45, 2.75) is 37.9 Å². The van der Waals surface area contributed by atoms with Crippen LogP contribution in [0.25, 0.3) is 0 Å². The van der Waals surface area contributed by atoms with Crippen LogP contribution in [0.15, 0.2) is 18.2 Å². The zero-order chi connectivity index (χ0) is 11.5. The molecule has 3 nitrogen and oxygen atoms in total. The quantitative estimate of drug-likeness (QED) is 0.758. The molecular weight excluding hydrogens is 209 g/mol. The van der Waals surface area contributed by atoms with E-state index in [2.05, 4.69) is 0 Å². The molecule has 0 heterocycles. The van der Waals surface area contributed by atoms with Gasteiger partial charge in [-0.05, 0) is 31.4 Å². The highest BCUT2D eigenvalue weighted by molar-refractivity contribution is 5.52. The number of halogens is 1. The molecule has 0 bridgehead atoms. The Morgan fingerprint density at radius 1 is 1.38 bits per heavy atom. The van der Waals surface area contributed by atoms with Gasteiger partial charge in [-0.25, -0.2) is 4.39 Å². The van der Waals surface area contributed by atoms with E-state index in [0.717, 1.165) is 19.3 Å². The molecule has 1 aliphatic rings. The van der Waals surface area contributed by atoms with Crippen LogP contribution in [0.1, 0.15) is 25.7 Å². The lowest BCUT2D eigenvalue weighted by molar-refractivity contribution is 0.0539. The van der Waals surface area contributed by atoms with Crippen molar-refractivity contribution in [3.05, 3.63) is 24.0 Å². The van der Waals surface area contributed by atoms with Crippen molar-refractivity contribution in [1.29, 1.82) is 0 Å². The molecule has 0 radical (unpaired) electrons. The van der Waals surface area contributed by atoms with Crippen molar-refractivity contribution in [1.82, 2.24) is 0 Å². The molecule has 1 aliphatic carbocycles. The molecule has 2 atom stereocenters. The van der Waals surface area contributed by atoms with Crippen LogP contribution in [-0.4, -0.2) is 17.3 Å². The van der Waals surface area contributed by atoms with Crippen molar-refractivity contribution in [3.63, 3.8) is 0 Å². The highest BCUT2D eigenvalue weighted by Gasteiger charge is 2.22. The summed E-state index contributed by atoms with van der Waals surface area (Å²) in [5, 5.41) is 9.50. The second-order valence-corrected chi connectivity index (χ2v) is 4.24. The molecule has 1 aromatic carbocycles. The van der Waals surface area contributed by atoms with Crippen LogP contribution in [0.4, 0.5) is 10.1 Å². The fourth-order valence-corrected chi connectivity index (χ4v) is 2.02. The van der Waals surface area contributed by atoms with Crippen LogP contribution in [0.2, 0.25) is 0 Å². The molecule has 0 saturated heterocycles. The standard InChI is InChI=1S/C12H16FNO2/c13-8-4-5-11(14)12(6-8)16-10-3-1-2-9(15)7-10/h4-6,9-10,15H,1-3,7,14H2. The average molecular weight is 225 g/mol. The molecular formula is C12H16FNO2. The Morgan fingerprint density at radius 3 is 2.94 bits per heavy atom. The van der Waals surface area contributed by atoms with Gasteiger partial charge in [-0.15, -0.1) is 0 Å². The van der Waals surface area contributed by atoms with Gasteiger partial charge in [0.05, 0.1) is 11.8 Å². The van der Waals surface area contributed by atoms with Crippen molar-refractivity contribution in [2.75, 3.05) is 5.73 Å². The van der Waals surface area contributed by atoms with Crippen LogP contribution < -0.4 is 10.5 Å². The SMILES string of the molecule is Nc1ccc(F)cc1OC1CCCC(O)C1. The number of aliphatic hydroxyl groups is 1. The van der Waals surface area contributed by atoms with Gasteiger partial charge in [0, 0.05) is 12.5 Å². The second-order valence-electron chi connectivity index (χ2n) is 4.24. The number of nitrogens with two attached hydrogens (primary N) is 1. The van der Waals surface area contributed by atoms with Gasteiger partial charge in [0.2, 0.25) is 0 Å². The maximum absolute atomic E-state index is 13.0. The highest BCUT2D eigenvalue weighted by atomic mass is 19.1. The molecule has 3 N–H and O–H groups in total. The maximum atomic E-state index is 13.0. The second kappa shape index (κ2) is 4.70. The van der Waals surface area contributed by atoms with Crippen LogP contribution in [0.5, 0.6) is 5.75 Å². The Morgan fingerprint density at radius 2 is 2.19 bits per heavy atom. The Hall–Kier alpha value is -1.29. The van der Waals surface area contributed by atoms with E-state index in [0.29, 0.717) is 17.9 Å². The summed E-state index contributed by atoms with van der Waals surface area (Å²) in [6.45, 7) is 0. The first-order valence-electron chi connectivity index (χ1n) is 5.55. The van der Waals surface area contributed by atoms with E-state index < -0.39 is 0 Å². The first-order valence-corrected chi connectivity index (χ1v) is 5.55. The van der Waals surface area contributed by atoms with Gasteiger partial charge < -0.3 is 15.6 Å². The van der Waals surface area contributed by atoms with Gasteiger partial charge >= 0.3 is 0 Å². The fourth-order valence-electron chi connectivity index (χ4n) is 2.02. The van der Waals surface area contributed by atoms with Gasteiger partial charge in [0.25, 0.3) is 0 Å². The smallest absolute Gasteiger partial charge is 0.145 e. The summed E-state index contributed by atoms with van der Waals surface area (Å²) in [7, 11) is 0. The minimum Gasteiger partial charge on any atom is -0.488 e. The van der Waals surface area contributed by atoms with E-state index in [9.17, 15) is 9.50 Å². The number of nitrogen functional groups attached to an aromatic ring is 1. The van der Waals surface area contributed by atoms with Gasteiger partial charge in [-0.1, -0.05) is 0 Å². The third-order valence-corrected chi connectivity index (χ3v) is 2.87. The average Bonchev–Trinajstić information content (AvgIpc) is 2.24. The van der Waals surface area contributed by atoms with Gasteiger partial charge in [-0.2, -0.15) is 0 Å². The topological polar surface area (TPSA) is 55.5 Å². The molecule has 0 spiro atoms. The summed E-state index contributed by atoms with van der Waals surface area (Å²) in [6, 6.07) is 4.08. The number of rotatable bonds is 2. The summed E-state index contributed by atoms with van der Waals surface area (Å²) in [5.74, 6) is 0.0136. The number of anilines is 1. The van der Waals surface area contributed by atoms with E-state index >= 15 is 0 Å². The Labute approximate surface area is 94.0 Å². The fraction of sp³-hybridized carbons (Fsp3) is 0.500. The summed E-state index contributed by atoms with van der Waals surface area (Å²) < 4.78 is 18.6. The summed E-state index contributed by atoms with van der Waals surface area (Å²) in [4.78, 5) is 0. The summed E-state index contributed by atoms with van der Waals surface area (Å²) in [5.41, 5.74) is 6.12. The van der Waals surface area contributed by atoms with Crippen molar-refractivity contribution < 1.29 is 14.2 Å². The van der Waals surface area contributed by atoms with Gasteiger partial charge in [0.15, 0.2) is 0 Å². The molecule has 2 rings (SSSR count). The summed E-state index contributed by atoms with van der Waals surface area (Å²) >= 11 is 0. The number of aliphatic hydroxyl groups excluding tert-OH is 1. The molecule has 16 heavy (non-hydrogen) atoms. The van der Waals surface area contributed by atoms with Crippen LogP contribution in [0.3, 0.4) is 0 Å². The molecule has 0 aromatic heterocycles. The van der Waals surface area contributed by atoms with Crippen molar-refractivity contribution in [2.24, 2.45) is 0 Å². The largest absolute Gasteiger partial charge is 0.488 e. The van der Waals surface area contributed by atoms with Crippen LogP contribution in [-0.2, 0) is 0 Å². The monoisotopic (exact) mass is 225 g/mol. The van der Waals surface area contributed by atoms with E-state index in [4.69, 9.17) is 10.5 Å². The predicted octanol–water partition coefficient (Wildman–Crippen LogP) is 2.09. The number of benzene rings is 1. The first kappa shape index (κ1) is 11.2.